The van der Waals surface area contributed by atoms with Gasteiger partial charge in [-0.2, -0.15) is 0 Å². The fourth-order valence-corrected chi connectivity index (χ4v) is 2.97. The molecule has 0 unspecified atom stereocenters. The van der Waals surface area contributed by atoms with Gasteiger partial charge in [0.25, 0.3) is 0 Å². The van der Waals surface area contributed by atoms with E-state index in [2.05, 4.69) is 15.6 Å². The molecule has 1 saturated carbocycles. The number of carboxylic acids is 1. The van der Waals surface area contributed by atoms with Crippen molar-refractivity contribution in [3.05, 3.63) is 30.5 Å². The summed E-state index contributed by atoms with van der Waals surface area (Å²) in [5, 5.41) is 15.8. The highest BCUT2D eigenvalue weighted by molar-refractivity contribution is 5.92. The molecule has 1 fully saturated rings. The number of aliphatic carboxylic acids is 1. The molecule has 1 aliphatic rings. The molecule has 116 valence electrons. The monoisotopic (exact) mass is 301 g/mol. The number of rotatable bonds is 3. The molecule has 2 amide bonds. The fraction of sp³-hybridized carbons (Fsp3) is 0.375. The molecule has 3 rings (SSSR count). The second-order valence-electron chi connectivity index (χ2n) is 5.76. The number of aromatic nitrogens is 1. The average molecular weight is 301 g/mol. The number of urea groups is 1. The molecule has 0 saturated heterocycles. The molecule has 22 heavy (non-hydrogen) atoms. The highest BCUT2D eigenvalue weighted by Crippen LogP contribution is 2.24. The number of carbonyl (C=O) groups excluding carboxylic acids is 1. The number of H-pyrrole nitrogens is 1. The van der Waals surface area contributed by atoms with Crippen molar-refractivity contribution in [3.63, 3.8) is 0 Å². The number of hydrogen-bond acceptors (Lipinski definition) is 2. The molecule has 6 heteroatoms. The van der Waals surface area contributed by atoms with Gasteiger partial charge in [0.2, 0.25) is 0 Å². The molecular formula is C16H19N3O3. The smallest absolute Gasteiger partial charge is 0.319 e. The van der Waals surface area contributed by atoms with E-state index in [9.17, 15) is 9.59 Å². The SMILES string of the molecule is O=C(Nc1ccc2[nH]ccc2c1)NC1CCC(C(=O)O)CC1. The zero-order valence-electron chi connectivity index (χ0n) is 12.1. The van der Waals surface area contributed by atoms with Gasteiger partial charge in [0.05, 0.1) is 5.92 Å². The van der Waals surface area contributed by atoms with Gasteiger partial charge in [0.1, 0.15) is 0 Å². The minimum absolute atomic E-state index is 0.0478. The summed E-state index contributed by atoms with van der Waals surface area (Å²) in [5.74, 6) is -1.00. The van der Waals surface area contributed by atoms with Crippen LogP contribution >= 0.6 is 0 Å². The van der Waals surface area contributed by atoms with Gasteiger partial charge in [-0.25, -0.2) is 4.79 Å². The maximum absolute atomic E-state index is 12.0. The van der Waals surface area contributed by atoms with Gasteiger partial charge in [0, 0.05) is 28.8 Å². The van der Waals surface area contributed by atoms with Crippen LogP contribution in [0, 0.1) is 5.92 Å². The van der Waals surface area contributed by atoms with E-state index in [0.29, 0.717) is 25.7 Å². The van der Waals surface area contributed by atoms with Crippen molar-refractivity contribution in [1.82, 2.24) is 10.3 Å². The first-order chi connectivity index (χ1) is 10.6. The van der Waals surface area contributed by atoms with Gasteiger partial charge < -0.3 is 20.7 Å². The Labute approximate surface area is 127 Å². The molecule has 0 atom stereocenters. The first kappa shape index (κ1) is 14.4. The molecule has 0 bridgehead atoms. The van der Waals surface area contributed by atoms with E-state index in [1.54, 1.807) is 0 Å². The zero-order valence-corrected chi connectivity index (χ0v) is 12.1. The van der Waals surface area contributed by atoms with E-state index >= 15 is 0 Å². The summed E-state index contributed by atoms with van der Waals surface area (Å²) in [6.07, 6.45) is 4.52. The van der Waals surface area contributed by atoms with Gasteiger partial charge >= 0.3 is 12.0 Å². The minimum Gasteiger partial charge on any atom is -0.481 e. The Hall–Kier alpha value is -2.50. The maximum atomic E-state index is 12.0. The van der Waals surface area contributed by atoms with E-state index in [1.165, 1.54) is 0 Å². The highest BCUT2D eigenvalue weighted by atomic mass is 16.4. The van der Waals surface area contributed by atoms with Crippen LogP contribution in [0.25, 0.3) is 10.9 Å². The predicted octanol–water partition coefficient (Wildman–Crippen LogP) is 2.93. The molecule has 1 aromatic carbocycles. The van der Waals surface area contributed by atoms with Gasteiger partial charge in [0.15, 0.2) is 0 Å². The normalized spacial score (nSPS) is 21.5. The van der Waals surface area contributed by atoms with Crippen molar-refractivity contribution in [2.24, 2.45) is 5.92 Å². The van der Waals surface area contributed by atoms with E-state index in [1.807, 2.05) is 30.5 Å². The molecular weight excluding hydrogens is 282 g/mol. The standard InChI is InChI=1S/C16H19N3O3/c20-15(21)10-1-3-12(4-2-10)18-16(22)19-13-5-6-14-11(9-13)7-8-17-14/h5-10,12,17H,1-4H2,(H,20,21)(H2,18,19,22). The number of carboxylic acid groups (broad SMARTS) is 1. The van der Waals surface area contributed by atoms with Crippen molar-refractivity contribution in [1.29, 1.82) is 0 Å². The average Bonchev–Trinajstić information content (AvgIpc) is 2.95. The summed E-state index contributed by atoms with van der Waals surface area (Å²) in [7, 11) is 0. The quantitative estimate of drug-likeness (QED) is 0.702. The van der Waals surface area contributed by atoms with Crippen LogP contribution in [-0.2, 0) is 4.79 Å². The van der Waals surface area contributed by atoms with Crippen LogP contribution in [0.15, 0.2) is 30.5 Å². The third kappa shape index (κ3) is 3.21. The van der Waals surface area contributed by atoms with E-state index < -0.39 is 5.97 Å². The number of nitrogens with one attached hydrogen (secondary N) is 3. The number of benzene rings is 1. The Kier molecular flexibility index (Phi) is 4.00. The second-order valence-corrected chi connectivity index (χ2v) is 5.76. The number of hydrogen-bond donors (Lipinski definition) is 4. The first-order valence-corrected chi connectivity index (χ1v) is 7.49. The summed E-state index contributed by atoms with van der Waals surface area (Å²) in [6, 6.07) is 7.43. The van der Waals surface area contributed by atoms with Gasteiger partial charge in [-0.05, 0) is 49.9 Å². The molecule has 1 aromatic heterocycles. The largest absolute Gasteiger partial charge is 0.481 e. The zero-order chi connectivity index (χ0) is 15.5. The van der Waals surface area contributed by atoms with Crippen LogP contribution in [-0.4, -0.2) is 28.1 Å². The lowest BCUT2D eigenvalue weighted by Crippen LogP contribution is -2.40. The Morgan fingerprint density at radius 1 is 1.14 bits per heavy atom. The lowest BCUT2D eigenvalue weighted by atomic mass is 9.86. The number of fused-ring (bicyclic) bond motifs is 1. The molecule has 0 aliphatic heterocycles. The van der Waals surface area contributed by atoms with Crippen molar-refractivity contribution in [2.75, 3.05) is 5.32 Å². The molecule has 4 N–H and O–H groups in total. The summed E-state index contributed by atoms with van der Waals surface area (Å²) in [4.78, 5) is 26.0. The molecule has 1 heterocycles. The van der Waals surface area contributed by atoms with E-state index in [4.69, 9.17) is 5.11 Å². The Bertz CT molecular complexity index is 687. The molecule has 1 aliphatic carbocycles. The summed E-state index contributed by atoms with van der Waals surface area (Å²) in [5.41, 5.74) is 1.77. The second kappa shape index (κ2) is 6.09. The third-order valence-corrected chi connectivity index (χ3v) is 4.22. The van der Waals surface area contributed by atoms with Crippen LogP contribution < -0.4 is 10.6 Å². The summed E-state index contributed by atoms with van der Waals surface area (Å²) >= 11 is 0. The van der Waals surface area contributed by atoms with Gasteiger partial charge in [-0.1, -0.05) is 0 Å². The van der Waals surface area contributed by atoms with E-state index in [0.717, 1.165) is 16.6 Å². The Morgan fingerprint density at radius 3 is 2.64 bits per heavy atom. The van der Waals surface area contributed by atoms with Crippen LogP contribution in [0.4, 0.5) is 10.5 Å². The van der Waals surface area contributed by atoms with Crippen molar-refractivity contribution >= 4 is 28.6 Å². The first-order valence-electron chi connectivity index (χ1n) is 7.49. The number of carbonyl (C=O) groups is 2. The number of aromatic amines is 1. The van der Waals surface area contributed by atoms with Crippen LogP contribution in [0.5, 0.6) is 0 Å². The fourth-order valence-electron chi connectivity index (χ4n) is 2.97. The van der Waals surface area contributed by atoms with Gasteiger partial charge in [-0.3, -0.25) is 4.79 Å². The molecule has 2 aromatic rings. The summed E-state index contributed by atoms with van der Waals surface area (Å²) in [6.45, 7) is 0. The summed E-state index contributed by atoms with van der Waals surface area (Å²) < 4.78 is 0. The molecule has 0 radical (unpaired) electrons. The topological polar surface area (TPSA) is 94.2 Å². The number of anilines is 1. The van der Waals surface area contributed by atoms with Crippen molar-refractivity contribution in [2.45, 2.75) is 31.7 Å². The minimum atomic E-state index is -0.734. The van der Waals surface area contributed by atoms with Crippen molar-refractivity contribution < 1.29 is 14.7 Å². The third-order valence-electron chi connectivity index (χ3n) is 4.22. The maximum Gasteiger partial charge on any atom is 0.319 e. The Morgan fingerprint density at radius 2 is 1.91 bits per heavy atom. The Balaban J connectivity index is 1.53. The lowest BCUT2D eigenvalue weighted by Gasteiger charge is -2.26. The molecule has 6 nitrogen and oxygen atoms in total. The number of amides is 2. The van der Waals surface area contributed by atoms with Gasteiger partial charge in [-0.15, -0.1) is 0 Å². The van der Waals surface area contributed by atoms with Crippen molar-refractivity contribution in [3.8, 4) is 0 Å². The van der Waals surface area contributed by atoms with Crippen LogP contribution in [0.3, 0.4) is 0 Å². The predicted molar refractivity (Wildman–Crippen MR) is 83.8 cm³/mol. The molecule has 0 spiro atoms. The highest BCUT2D eigenvalue weighted by Gasteiger charge is 2.26. The van der Waals surface area contributed by atoms with Crippen LogP contribution in [0.1, 0.15) is 25.7 Å². The van der Waals surface area contributed by atoms with Crippen LogP contribution in [0.2, 0.25) is 0 Å². The van der Waals surface area contributed by atoms with E-state index in [-0.39, 0.29) is 18.0 Å². The lowest BCUT2D eigenvalue weighted by molar-refractivity contribution is -0.142.